The van der Waals surface area contributed by atoms with Crippen molar-refractivity contribution in [3.8, 4) is 5.75 Å². The van der Waals surface area contributed by atoms with Gasteiger partial charge in [-0.1, -0.05) is 32.0 Å². The summed E-state index contributed by atoms with van der Waals surface area (Å²) in [6.45, 7) is 5.01. The summed E-state index contributed by atoms with van der Waals surface area (Å²) in [5.41, 5.74) is 1.56. The lowest BCUT2D eigenvalue weighted by Gasteiger charge is -2.61. The maximum atomic E-state index is 13.4. The van der Waals surface area contributed by atoms with Gasteiger partial charge in [0.15, 0.2) is 0 Å². The van der Waals surface area contributed by atoms with E-state index in [0.29, 0.717) is 29.7 Å². The van der Waals surface area contributed by atoms with Crippen LogP contribution in [0.2, 0.25) is 0 Å². The van der Waals surface area contributed by atoms with Crippen molar-refractivity contribution in [1.29, 1.82) is 0 Å². The third kappa shape index (κ3) is 4.13. The molecule has 7 unspecified atom stereocenters. The molecule has 2 bridgehead atoms. The Morgan fingerprint density at radius 1 is 1.25 bits per heavy atom. The highest BCUT2D eigenvalue weighted by atomic mass is 16.5. The predicted octanol–water partition coefficient (Wildman–Crippen LogP) is 1.86. The molecule has 1 aliphatic heterocycles. The van der Waals surface area contributed by atoms with Gasteiger partial charge in [-0.15, -0.1) is 0 Å². The third-order valence-corrected chi connectivity index (χ3v) is 9.26. The molecular weight excluding hydrogens is 460 g/mol. The van der Waals surface area contributed by atoms with Crippen molar-refractivity contribution in [1.82, 2.24) is 10.2 Å². The Kier molecular flexibility index (Phi) is 6.87. The number of methoxy groups -OCH3 is 1. The molecule has 3 fully saturated rings. The van der Waals surface area contributed by atoms with E-state index in [9.17, 15) is 19.8 Å². The minimum absolute atomic E-state index is 0.0956. The third-order valence-electron chi connectivity index (χ3n) is 9.26. The molecule has 6 rings (SSSR count). The lowest BCUT2D eigenvalue weighted by molar-refractivity contribution is -0.149. The molecule has 0 spiro atoms. The zero-order valence-corrected chi connectivity index (χ0v) is 21.4. The minimum atomic E-state index is -1.01. The van der Waals surface area contributed by atoms with Crippen LogP contribution in [0.5, 0.6) is 5.75 Å². The van der Waals surface area contributed by atoms with E-state index in [1.165, 1.54) is 13.5 Å². The molecule has 5 aliphatic rings. The molecule has 8 heteroatoms. The molecule has 3 N–H and O–H groups in total. The molecule has 4 aliphatic carbocycles. The Bertz CT molecular complexity index is 1040. The average molecular weight is 499 g/mol. The van der Waals surface area contributed by atoms with Crippen LogP contribution in [0.15, 0.2) is 35.9 Å². The lowest BCUT2D eigenvalue weighted by Crippen LogP contribution is -2.60. The normalized spacial score (nSPS) is 33.4. The Morgan fingerprint density at radius 3 is 2.72 bits per heavy atom. The first kappa shape index (κ1) is 25.2. The SMILES string of the molecule is COCC(=O)N(CC1CCC2CC1C2(C)C)C1C=C(C(=O)NCCO)C2c3ccccc3OC2C1O. The predicted molar refractivity (Wildman–Crippen MR) is 133 cm³/mol. The number of carbonyl (C=O) groups is 2. The molecule has 1 aromatic carbocycles. The highest BCUT2D eigenvalue weighted by Gasteiger charge is 2.56. The number of rotatable bonds is 8. The van der Waals surface area contributed by atoms with Gasteiger partial charge in [0.25, 0.3) is 0 Å². The first-order chi connectivity index (χ1) is 17.3. The van der Waals surface area contributed by atoms with Crippen molar-refractivity contribution < 1.29 is 29.3 Å². The van der Waals surface area contributed by atoms with Crippen molar-refractivity contribution in [2.75, 3.05) is 33.4 Å². The van der Waals surface area contributed by atoms with E-state index in [0.717, 1.165) is 24.3 Å². The number of hydrogen-bond donors (Lipinski definition) is 3. The van der Waals surface area contributed by atoms with Crippen LogP contribution in [0.25, 0.3) is 0 Å². The highest BCUT2D eigenvalue weighted by molar-refractivity contribution is 5.96. The van der Waals surface area contributed by atoms with E-state index in [-0.39, 0.29) is 37.0 Å². The van der Waals surface area contributed by atoms with Crippen molar-refractivity contribution in [3.05, 3.63) is 41.5 Å². The number of aliphatic hydroxyl groups excluding tert-OH is 2. The maximum absolute atomic E-state index is 13.4. The quantitative estimate of drug-likeness (QED) is 0.505. The monoisotopic (exact) mass is 498 g/mol. The van der Waals surface area contributed by atoms with Gasteiger partial charge in [-0.25, -0.2) is 0 Å². The maximum Gasteiger partial charge on any atom is 0.249 e. The van der Waals surface area contributed by atoms with Crippen LogP contribution in [-0.4, -0.2) is 78.6 Å². The second kappa shape index (κ2) is 9.80. The van der Waals surface area contributed by atoms with Crippen molar-refractivity contribution in [2.24, 2.45) is 23.2 Å². The first-order valence-corrected chi connectivity index (χ1v) is 13.1. The number of aliphatic hydroxyl groups is 2. The summed E-state index contributed by atoms with van der Waals surface area (Å²) >= 11 is 0. The van der Waals surface area contributed by atoms with Gasteiger partial charge in [-0.2, -0.15) is 0 Å². The van der Waals surface area contributed by atoms with Crippen LogP contribution in [0, 0.1) is 23.2 Å². The van der Waals surface area contributed by atoms with Crippen molar-refractivity contribution in [3.63, 3.8) is 0 Å². The second-order valence-corrected chi connectivity index (χ2v) is 11.4. The molecule has 1 aromatic rings. The summed E-state index contributed by atoms with van der Waals surface area (Å²) in [5, 5.41) is 23.6. The number of fused-ring (bicyclic) bond motifs is 5. The number of nitrogens with one attached hydrogen (secondary N) is 1. The van der Waals surface area contributed by atoms with E-state index in [1.54, 1.807) is 11.0 Å². The summed E-state index contributed by atoms with van der Waals surface area (Å²) in [7, 11) is 1.49. The van der Waals surface area contributed by atoms with E-state index < -0.39 is 24.2 Å². The standard InChI is InChI=1S/C28H38N2O6/c1-28(2)17-9-8-16(20(28)12-17)14-30(23(32)15-35-3)21-13-19(27(34)29-10-11-31)24-18-6-4-5-7-22(18)36-26(24)25(21)33/h4-7,13,16-17,20-21,24-26,31,33H,8-12,14-15H2,1-3H3,(H,29,34). The summed E-state index contributed by atoms with van der Waals surface area (Å²) in [6.07, 6.45) is 3.44. The molecule has 7 atom stereocenters. The van der Waals surface area contributed by atoms with Crippen LogP contribution in [0.3, 0.4) is 0 Å². The molecule has 0 radical (unpaired) electrons. The zero-order chi connectivity index (χ0) is 25.6. The summed E-state index contributed by atoms with van der Waals surface area (Å²) in [6, 6.07) is 6.77. The topological polar surface area (TPSA) is 108 Å². The van der Waals surface area contributed by atoms with Gasteiger partial charge in [0.1, 0.15) is 24.6 Å². The fourth-order valence-electron chi connectivity index (χ4n) is 7.22. The average Bonchev–Trinajstić information content (AvgIpc) is 3.27. The second-order valence-electron chi connectivity index (χ2n) is 11.4. The van der Waals surface area contributed by atoms with Crippen LogP contribution in [0.1, 0.15) is 44.6 Å². The van der Waals surface area contributed by atoms with E-state index in [1.807, 2.05) is 24.3 Å². The number of carbonyl (C=O) groups excluding carboxylic acids is 2. The molecule has 3 saturated carbocycles. The first-order valence-electron chi connectivity index (χ1n) is 13.1. The van der Waals surface area contributed by atoms with Gasteiger partial charge in [-0.05, 0) is 54.6 Å². The van der Waals surface area contributed by atoms with Crippen LogP contribution in [-0.2, 0) is 14.3 Å². The number of para-hydroxylation sites is 1. The molecule has 36 heavy (non-hydrogen) atoms. The Balaban J connectivity index is 1.50. The molecule has 196 valence electrons. The van der Waals surface area contributed by atoms with E-state index >= 15 is 0 Å². The number of nitrogens with zero attached hydrogens (tertiary/aromatic N) is 1. The van der Waals surface area contributed by atoms with Gasteiger partial charge in [-0.3, -0.25) is 9.59 Å². The van der Waals surface area contributed by atoms with Crippen molar-refractivity contribution >= 4 is 11.8 Å². The molecule has 8 nitrogen and oxygen atoms in total. The van der Waals surface area contributed by atoms with E-state index in [4.69, 9.17) is 9.47 Å². The Labute approximate surface area is 212 Å². The number of hydrogen-bond acceptors (Lipinski definition) is 6. The summed E-state index contributed by atoms with van der Waals surface area (Å²) in [5.74, 6) is 1.26. The Hall–Kier alpha value is -2.42. The summed E-state index contributed by atoms with van der Waals surface area (Å²) in [4.78, 5) is 28.4. The van der Waals surface area contributed by atoms with Crippen molar-refractivity contribution in [2.45, 2.75) is 57.3 Å². The van der Waals surface area contributed by atoms with Gasteiger partial charge in [0.2, 0.25) is 11.8 Å². The summed E-state index contributed by atoms with van der Waals surface area (Å²) < 4.78 is 11.4. The molecular formula is C28H38N2O6. The molecule has 0 aromatic heterocycles. The smallest absolute Gasteiger partial charge is 0.249 e. The van der Waals surface area contributed by atoms with E-state index in [2.05, 4.69) is 19.2 Å². The van der Waals surface area contributed by atoms with Crippen LogP contribution in [0.4, 0.5) is 0 Å². The minimum Gasteiger partial charge on any atom is -0.486 e. The largest absolute Gasteiger partial charge is 0.486 e. The fourth-order valence-corrected chi connectivity index (χ4v) is 7.22. The zero-order valence-electron chi connectivity index (χ0n) is 21.4. The molecule has 2 amide bonds. The van der Waals surface area contributed by atoms with Gasteiger partial charge < -0.3 is 29.9 Å². The van der Waals surface area contributed by atoms with Gasteiger partial charge in [0, 0.05) is 31.3 Å². The van der Waals surface area contributed by atoms with Crippen LogP contribution >= 0.6 is 0 Å². The number of benzene rings is 1. The lowest BCUT2D eigenvalue weighted by atomic mass is 9.45. The molecule has 1 heterocycles. The number of ether oxygens (including phenoxy) is 2. The molecule has 0 saturated heterocycles. The fraction of sp³-hybridized carbons (Fsp3) is 0.643. The highest BCUT2D eigenvalue weighted by Crippen LogP contribution is 2.61. The Morgan fingerprint density at radius 2 is 2.03 bits per heavy atom. The van der Waals surface area contributed by atoms with Crippen LogP contribution < -0.4 is 10.1 Å². The number of amides is 2. The van der Waals surface area contributed by atoms with Gasteiger partial charge in [0.05, 0.1) is 18.6 Å². The van der Waals surface area contributed by atoms with Gasteiger partial charge >= 0.3 is 0 Å².